The number of nitrogens with zero attached hydrogens (tertiary/aromatic N) is 1. The van der Waals surface area contributed by atoms with E-state index in [1.807, 2.05) is 0 Å². The van der Waals surface area contributed by atoms with E-state index in [0.717, 1.165) is 5.56 Å². The normalized spacial score (nSPS) is 10.2. The summed E-state index contributed by atoms with van der Waals surface area (Å²) in [5.41, 5.74) is 8.22. The molecule has 4 N–H and O–H groups in total. The lowest BCUT2D eigenvalue weighted by molar-refractivity contribution is -0.131. The summed E-state index contributed by atoms with van der Waals surface area (Å²) in [5.74, 6) is -1.01. The summed E-state index contributed by atoms with van der Waals surface area (Å²) < 4.78 is 10.3. The van der Waals surface area contributed by atoms with E-state index >= 15 is 0 Å². The number of hydrogen-bond donors (Lipinski definition) is 3. The quantitative estimate of drug-likeness (QED) is 0.295. The molecule has 1 heterocycles. The van der Waals surface area contributed by atoms with Crippen LogP contribution in [0.3, 0.4) is 0 Å². The fraction of sp³-hybridized carbons (Fsp3) is 0.130. The third-order valence-corrected chi connectivity index (χ3v) is 4.28. The van der Waals surface area contributed by atoms with Gasteiger partial charge in [0.25, 0.3) is 5.91 Å². The van der Waals surface area contributed by atoms with Gasteiger partial charge in [0.05, 0.1) is 16.9 Å². The van der Waals surface area contributed by atoms with Crippen LogP contribution >= 0.6 is 0 Å². The van der Waals surface area contributed by atoms with Crippen LogP contribution in [0.2, 0.25) is 0 Å². The lowest BCUT2D eigenvalue weighted by atomic mass is 10.1. The first kappa shape index (κ1) is 22.3. The van der Waals surface area contributed by atoms with Crippen LogP contribution in [0.5, 0.6) is 5.75 Å². The van der Waals surface area contributed by atoms with E-state index < -0.39 is 18.0 Å². The van der Waals surface area contributed by atoms with Gasteiger partial charge in [0.2, 0.25) is 0 Å². The Morgan fingerprint density at radius 1 is 1.03 bits per heavy atom. The second-order valence-electron chi connectivity index (χ2n) is 6.76. The summed E-state index contributed by atoms with van der Waals surface area (Å²) in [6.07, 6.45) is 2.61. The molecule has 0 bridgehead atoms. The Bertz CT molecular complexity index is 1120. The van der Waals surface area contributed by atoms with E-state index in [4.69, 9.17) is 15.2 Å². The zero-order chi connectivity index (χ0) is 22.9. The molecule has 0 saturated heterocycles. The highest BCUT2D eigenvalue weighted by Gasteiger charge is 2.16. The van der Waals surface area contributed by atoms with E-state index in [1.54, 1.807) is 54.9 Å². The van der Waals surface area contributed by atoms with Crippen LogP contribution in [-0.4, -0.2) is 23.0 Å². The predicted octanol–water partition coefficient (Wildman–Crippen LogP) is 3.27. The Kier molecular flexibility index (Phi) is 7.37. The van der Waals surface area contributed by atoms with Crippen molar-refractivity contribution in [1.82, 2.24) is 10.3 Å². The van der Waals surface area contributed by atoms with Gasteiger partial charge in [0.15, 0.2) is 0 Å². The number of benzene rings is 2. The zero-order valence-electron chi connectivity index (χ0n) is 17.3. The van der Waals surface area contributed by atoms with Gasteiger partial charge in [-0.25, -0.2) is 4.79 Å². The highest BCUT2D eigenvalue weighted by Crippen LogP contribution is 2.24. The molecule has 0 saturated carbocycles. The molecule has 0 aliphatic rings. The van der Waals surface area contributed by atoms with Crippen molar-refractivity contribution in [3.63, 3.8) is 0 Å². The van der Waals surface area contributed by atoms with E-state index in [2.05, 4.69) is 15.6 Å². The minimum atomic E-state index is -0.621. The lowest BCUT2D eigenvalue weighted by Crippen LogP contribution is -2.24. The number of carbonyl (C=O) groups excluding carboxylic acids is 3. The molecule has 2 aromatic carbocycles. The number of hydrogen-bond acceptors (Lipinski definition) is 7. The number of pyridine rings is 1. The highest BCUT2D eigenvalue weighted by molar-refractivity contribution is 6.07. The van der Waals surface area contributed by atoms with E-state index in [-0.39, 0.29) is 24.5 Å². The number of carbonyl (C=O) groups is 3. The summed E-state index contributed by atoms with van der Waals surface area (Å²) in [7, 11) is 0. The minimum absolute atomic E-state index is 0.0625. The summed E-state index contributed by atoms with van der Waals surface area (Å²) in [5, 5.41) is 5.30. The van der Waals surface area contributed by atoms with Crippen molar-refractivity contribution in [2.45, 2.75) is 20.1 Å². The molecule has 0 aliphatic carbocycles. The fourth-order valence-electron chi connectivity index (χ4n) is 2.76. The molecule has 0 spiro atoms. The van der Waals surface area contributed by atoms with Gasteiger partial charge in [-0.1, -0.05) is 24.3 Å². The van der Waals surface area contributed by atoms with Crippen LogP contribution in [0, 0.1) is 0 Å². The van der Waals surface area contributed by atoms with Crippen molar-refractivity contribution in [2.24, 2.45) is 0 Å². The highest BCUT2D eigenvalue weighted by atomic mass is 16.5. The SMILES string of the molecule is CC(=O)Oc1cc(CNC(=O)OCc2cccnc2)ccc1C(=O)Nc1ccccc1N. The standard InChI is InChI=1S/C23H22N4O5/c1-15(28)32-21-11-16(13-26-23(30)31-14-17-5-4-10-25-12-17)8-9-18(21)22(29)27-20-7-3-2-6-19(20)24/h2-12H,13-14,24H2,1H3,(H,26,30)(H,27,29). The van der Waals surface area contributed by atoms with Gasteiger partial charge in [-0.3, -0.25) is 14.6 Å². The van der Waals surface area contributed by atoms with Crippen molar-refractivity contribution in [1.29, 1.82) is 0 Å². The number of nitrogens with one attached hydrogen (secondary N) is 2. The van der Waals surface area contributed by atoms with E-state index in [1.165, 1.54) is 19.1 Å². The molecule has 0 atom stereocenters. The first-order chi connectivity index (χ1) is 15.4. The number of rotatable bonds is 7. The van der Waals surface area contributed by atoms with Crippen LogP contribution < -0.4 is 21.1 Å². The zero-order valence-corrected chi connectivity index (χ0v) is 17.3. The van der Waals surface area contributed by atoms with E-state index in [9.17, 15) is 14.4 Å². The van der Waals surface area contributed by atoms with Gasteiger partial charge >= 0.3 is 12.1 Å². The maximum absolute atomic E-state index is 12.7. The molecule has 0 fully saturated rings. The molecular weight excluding hydrogens is 412 g/mol. The number of amides is 2. The van der Waals surface area contributed by atoms with Crippen molar-refractivity contribution >= 4 is 29.3 Å². The van der Waals surface area contributed by atoms with Gasteiger partial charge in [0, 0.05) is 31.4 Å². The Morgan fingerprint density at radius 2 is 1.84 bits per heavy atom. The monoisotopic (exact) mass is 434 g/mol. The molecule has 164 valence electrons. The van der Waals surface area contributed by atoms with Gasteiger partial charge < -0.3 is 25.8 Å². The largest absolute Gasteiger partial charge is 0.445 e. The molecule has 9 nitrogen and oxygen atoms in total. The predicted molar refractivity (Wildman–Crippen MR) is 118 cm³/mol. The smallest absolute Gasteiger partial charge is 0.407 e. The molecule has 32 heavy (non-hydrogen) atoms. The van der Waals surface area contributed by atoms with Gasteiger partial charge in [-0.15, -0.1) is 0 Å². The Hall–Kier alpha value is -4.40. The average molecular weight is 434 g/mol. The van der Waals surface area contributed by atoms with Gasteiger partial charge in [0.1, 0.15) is 12.4 Å². The number of nitrogens with two attached hydrogens (primary N) is 1. The average Bonchev–Trinajstić information content (AvgIpc) is 2.78. The maximum Gasteiger partial charge on any atom is 0.407 e. The first-order valence-electron chi connectivity index (χ1n) is 9.69. The van der Waals surface area contributed by atoms with Crippen molar-refractivity contribution in [3.8, 4) is 5.75 Å². The van der Waals surface area contributed by atoms with Crippen LogP contribution in [0.25, 0.3) is 0 Å². The third-order valence-electron chi connectivity index (χ3n) is 4.28. The third kappa shape index (κ3) is 6.30. The summed E-state index contributed by atoms with van der Waals surface area (Å²) in [6, 6.07) is 15.0. The summed E-state index contributed by atoms with van der Waals surface area (Å²) in [4.78, 5) is 40.1. The molecule has 0 radical (unpaired) electrons. The lowest BCUT2D eigenvalue weighted by Gasteiger charge is -2.13. The number of aromatic nitrogens is 1. The number of nitrogen functional groups attached to an aromatic ring is 1. The molecule has 0 aliphatic heterocycles. The number of ether oxygens (including phenoxy) is 2. The van der Waals surface area contributed by atoms with Crippen LogP contribution in [0.15, 0.2) is 67.0 Å². The van der Waals surface area contributed by atoms with Gasteiger partial charge in [-0.05, 0) is 35.9 Å². The Balaban J connectivity index is 1.66. The van der Waals surface area contributed by atoms with Gasteiger partial charge in [-0.2, -0.15) is 0 Å². The van der Waals surface area contributed by atoms with Crippen LogP contribution in [0.1, 0.15) is 28.4 Å². The van der Waals surface area contributed by atoms with E-state index in [0.29, 0.717) is 16.9 Å². The fourth-order valence-corrected chi connectivity index (χ4v) is 2.76. The number of para-hydroxylation sites is 2. The number of esters is 1. The molecular formula is C23H22N4O5. The molecule has 0 unspecified atom stereocenters. The van der Waals surface area contributed by atoms with Crippen LogP contribution in [-0.2, 0) is 22.7 Å². The number of alkyl carbamates (subject to hydrolysis) is 1. The molecule has 2 amide bonds. The summed E-state index contributed by atoms with van der Waals surface area (Å²) >= 11 is 0. The summed E-state index contributed by atoms with van der Waals surface area (Å²) in [6.45, 7) is 1.42. The second kappa shape index (κ2) is 10.6. The maximum atomic E-state index is 12.7. The minimum Gasteiger partial charge on any atom is -0.445 e. The molecule has 3 aromatic rings. The van der Waals surface area contributed by atoms with Crippen molar-refractivity contribution < 1.29 is 23.9 Å². The van der Waals surface area contributed by atoms with Crippen molar-refractivity contribution in [2.75, 3.05) is 11.1 Å². The molecule has 3 rings (SSSR count). The Labute approximate surface area is 184 Å². The van der Waals surface area contributed by atoms with Crippen LogP contribution in [0.4, 0.5) is 16.2 Å². The molecule has 9 heteroatoms. The van der Waals surface area contributed by atoms with Crippen molar-refractivity contribution in [3.05, 3.63) is 83.7 Å². The number of anilines is 2. The topological polar surface area (TPSA) is 133 Å². The molecule has 1 aromatic heterocycles. The Morgan fingerprint density at radius 3 is 2.56 bits per heavy atom. The second-order valence-corrected chi connectivity index (χ2v) is 6.76. The first-order valence-corrected chi connectivity index (χ1v) is 9.69.